The van der Waals surface area contributed by atoms with E-state index in [4.69, 9.17) is 15.1 Å². The van der Waals surface area contributed by atoms with Crippen molar-refractivity contribution in [3.63, 3.8) is 0 Å². The summed E-state index contributed by atoms with van der Waals surface area (Å²) in [5.41, 5.74) is 9.79. The van der Waals surface area contributed by atoms with E-state index in [2.05, 4.69) is 68.7 Å². The molecule has 3 aliphatic heterocycles. The molecule has 0 bridgehead atoms. The first-order chi connectivity index (χ1) is 20.1. The Kier molecular flexibility index (Phi) is 6.68. The standard InChI is InChI=1S/C32H31N6O4/c1-19-14-21(3)29(22(4)15-19)35-12-13-36-30-23(5)16-20(2)17-25(30)18-37(34-32(35)36)33-26-8-6-24(7-9-26)31(41)42-38-27(39)10-11-28(38)40/h6-9,12-17H,10-11,18H2,1-5H3/q+1. The maximum absolute atomic E-state index is 12.6. The minimum atomic E-state index is -0.785. The van der Waals surface area contributed by atoms with E-state index < -0.39 is 17.8 Å². The number of hydrogen-bond donors (Lipinski definition) is 0. The number of amides is 2. The molecule has 42 heavy (non-hydrogen) atoms. The second-order valence-corrected chi connectivity index (χ2v) is 10.9. The van der Waals surface area contributed by atoms with Gasteiger partial charge in [0.1, 0.15) is 5.69 Å². The van der Waals surface area contributed by atoms with Crippen molar-refractivity contribution in [2.45, 2.75) is 54.0 Å². The SMILES string of the molecule is Cc1cc(C)c(N2C=CN3C2=N[N+](=Nc2ccc(C(=O)ON4C(=O)CCC4=O)cc2)Cc2cc(C)cc(C)c23)c(C)c1. The molecule has 0 unspecified atom stereocenters. The molecule has 0 spiro atoms. The van der Waals surface area contributed by atoms with Crippen LogP contribution in [0, 0.1) is 34.6 Å². The third-order valence-corrected chi connectivity index (χ3v) is 7.47. The molecule has 0 aromatic heterocycles. The van der Waals surface area contributed by atoms with E-state index in [1.165, 1.54) is 5.56 Å². The Hall–Kier alpha value is -5.12. The van der Waals surface area contributed by atoms with Gasteiger partial charge in [-0.1, -0.05) is 29.3 Å². The molecule has 3 aliphatic rings. The molecule has 212 valence electrons. The smallest absolute Gasteiger partial charge is 0.325 e. The predicted octanol–water partition coefficient (Wildman–Crippen LogP) is 5.83. The zero-order valence-electron chi connectivity index (χ0n) is 24.2. The van der Waals surface area contributed by atoms with E-state index in [0.29, 0.717) is 23.3 Å². The van der Waals surface area contributed by atoms with Gasteiger partial charge in [-0.3, -0.25) is 19.4 Å². The number of anilines is 2. The van der Waals surface area contributed by atoms with Gasteiger partial charge in [0.25, 0.3) is 17.8 Å². The average molecular weight is 564 g/mol. The van der Waals surface area contributed by atoms with Gasteiger partial charge in [-0.15, -0.1) is 5.06 Å². The quantitative estimate of drug-likeness (QED) is 0.293. The van der Waals surface area contributed by atoms with Gasteiger partial charge in [0, 0.05) is 40.7 Å². The number of benzene rings is 3. The predicted molar refractivity (Wildman–Crippen MR) is 157 cm³/mol. The lowest BCUT2D eigenvalue weighted by Crippen LogP contribution is -2.34. The number of hydrogen-bond acceptors (Lipinski definition) is 7. The minimum Gasteiger partial charge on any atom is -0.325 e. The van der Waals surface area contributed by atoms with Crippen molar-refractivity contribution in [3.8, 4) is 0 Å². The van der Waals surface area contributed by atoms with Gasteiger partial charge in [-0.25, -0.2) is 4.79 Å². The van der Waals surface area contributed by atoms with Crippen molar-refractivity contribution in [3.05, 3.63) is 99.9 Å². The lowest BCUT2D eigenvalue weighted by molar-refractivity contribution is -0.610. The monoisotopic (exact) mass is 563 g/mol. The van der Waals surface area contributed by atoms with E-state index in [1.807, 2.05) is 12.4 Å². The fourth-order valence-electron chi connectivity index (χ4n) is 5.83. The third-order valence-electron chi connectivity index (χ3n) is 7.47. The van der Waals surface area contributed by atoms with Gasteiger partial charge < -0.3 is 4.84 Å². The molecule has 0 N–H and O–H groups in total. The highest BCUT2D eigenvalue weighted by Crippen LogP contribution is 2.37. The Morgan fingerprint density at radius 3 is 1.98 bits per heavy atom. The van der Waals surface area contributed by atoms with Crippen molar-refractivity contribution >= 4 is 40.8 Å². The number of aryl methyl sites for hydroxylation is 5. The Labute approximate surface area is 243 Å². The lowest BCUT2D eigenvalue weighted by Gasteiger charge is -2.25. The van der Waals surface area contributed by atoms with Crippen molar-refractivity contribution in [2.75, 3.05) is 9.80 Å². The molecule has 3 heterocycles. The Bertz CT molecular complexity index is 1720. The zero-order chi connectivity index (χ0) is 29.7. The number of guanidine groups is 1. The summed E-state index contributed by atoms with van der Waals surface area (Å²) in [5.74, 6) is -1.12. The molecule has 6 rings (SSSR count). The molecular formula is C32H31N6O4+. The summed E-state index contributed by atoms with van der Waals surface area (Å²) in [7, 11) is 0. The average Bonchev–Trinajstić information content (AvgIpc) is 3.40. The van der Waals surface area contributed by atoms with Crippen LogP contribution in [0.25, 0.3) is 0 Å². The molecule has 0 saturated carbocycles. The summed E-state index contributed by atoms with van der Waals surface area (Å²) in [4.78, 5) is 47.1. The molecule has 0 radical (unpaired) electrons. The van der Waals surface area contributed by atoms with Crippen molar-refractivity contribution in [1.29, 1.82) is 0 Å². The number of carbonyl (C=O) groups is 3. The van der Waals surface area contributed by atoms with Crippen LogP contribution in [0.1, 0.15) is 56.6 Å². The van der Waals surface area contributed by atoms with Crippen LogP contribution in [0.3, 0.4) is 0 Å². The number of hydrazone groups is 1. The molecular weight excluding hydrogens is 532 g/mol. The zero-order valence-corrected chi connectivity index (χ0v) is 24.2. The summed E-state index contributed by atoms with van der Waals surface area (Å²) in [6.07, 6.45) is 4.15. The van der Waals surface area contributed by atoms with Crippen LogP contribution in [-0.4, -0.2) is 33.6 Å². The van der Waals surface area contributed by atoms with Gasteiger partial charge >= 0.3 is 5.97 Å². The number of fused-ring (bicyclic) bond motifs is 3. The fraction of sp³-hybridized carbons (Fsp3) is 0.250. The molecule has 3 aromatic rings. The summed E-state index contributed by atoms with van der Waals surface area (Å²) in [5, 5.41) is 10.4. The largest absolute Gasteiger partial charge is 0.363 e. The Morgan fingerprint density at radius 1 is 0.810 bits per heavy atom. The third kappa shape index (κ3) is 4.85. The van der Waals surface area contributed by atoms with E-state index in [1.54, 1.807) is 29.1 Å². The number of nitrogens with zero attached hydrogens (tertiary/aromatic N) is 6. The first-order valence-corrected chi connectivity index (χ1v) is 13.8. The molecule has 0 aliphatic carbocycles. The molecule has 10 heteroatoms. The molecule has 2 amide bonds. The van der Waals surface area contributed by atoms with Crippen LogP contribution in [0.2, 0.25) is 0 Å². The summed E-state index contributed by atoms with van der Waals surface area (Å²) in [6.45, 7) is 10.9. The lowest BCUT2D eigenvalue weighted by atomic mass is 10.0. The normalized spacial score (nSPS) is 17.0. The van der Waals surface area contributed by atoms with E-state index in [9.17, 15) is 14.4 Å². The molecule has 0 atom stereocenters. The Balaban J connectivity index is 1.37. The van der Waals surface area contributed by atoms with Gasteiger partial charge in [0.05, 0.1) is 22.0 Å². The summed E-state index contributed by atoms with van der Waals surface area (Å²) in [6, 6.07) is 15.1. The number of hydroxylamine groups is 2. The second kappa shape index (κ2) is 10.4. The molecule has 10 nitrogen and oxygen atoms in total. The van der Waals surface area contributed by atoms with Crippen molar-refractivity contribution in [1.82, 2.24) is 5.06 Å². The van der Waals surface area contributed by atoms with Crippen LogP contribution in [0.5, 0.6) is 0 Å². The van der Waals surface area contributed by atoms with Gasteiger partial charge in [-0.05, 0) is 81.6 Å². The summed E-state index contributed by atoms with van der Waals surface area (Å²) < 4.78 is 0. The van der Waals surface area contributed by atoms with E-state index in [-0.39, 0.29) is 18.4 Å². The van der Waals surface area contributed by atoms with E-state index in [0.717, 1.165) is 39.2 Å². The van der Waals surface area contributed by atoms with E-state index >= 15 is 0 Å². The molecule has 1 saturated heterocycles. The minimum absolute atomic E-state index is 0.0396. The van der Waals surface area contributed by atoms with Crippen molar-refractivity contribution < 1.29 is 24.0 Å². The topological polar surface area (TPSA) is 97.9 Å². The highest BCUT2D eigenvalue weighted by molar-refractivity contribution is 6.13. The number of imide groups is 1. The second-order valence-electron chi connectivity index (χ2n) is 10.9. The van der Waals surface area contributed by atoms with Crippen LogP contribution in [0.15, 0.2) is 71.1 Å². The Morgan fingerprint density at radius 2 is 1.36 bits per heavy atom. The first-order valence-electron chi connectivity index (χ1n) is 13.8. The summed E-state index contributed by atoms with van der Waals surface area (Å²) >= 11 is 0. The van der Waals surface area contributed by atoms with Gasteiger partial charge in [0.2, 0.25) is 6.54 Å². The highest BCUT2D eigenvalue weighted by atomic mass is 16.7. The maximum Gasteiger partial charge on any atom is 0.363 e. The van der Waals surface area contributed by atoms with Crippen molar-refractivity contribution in [2.24, 2.45) is 10.2 Å². The van der Waals surface area contributed by atoms with Gasteiger partial charge in [-0.2, -0.15) is 0 Å². The van der Waals surface area contributed by atoms with Gasteiger partial charge in [0.15, 0.2) is 0 Å². The fourth-order valence-corrected chi connectivity index (χ4v) is 5.83. The number of rotatable bonds is 4. The van der Waals surface area contributed by atoms with Crippen LogP contribution in [-0.2, 0) is 21.0 Å². The highest BCUT2D eigenvalue weighted by Gasteiger charge is 2.36. The molecule has 1 fully saturated rings. The maximum atomic E-state index is 12.6. The first kappa shape index (κ1) is 27.1. The molecule has 3 aromatic carbocycles. The van der Waals surface area contributed by atoms with Crippen LogP contribution >= 0.6 is 0 Å². The van der Waals surface area contributed by atoms with Crippen LogP contribution < -0.4 is 9.80 Å². The number of azo groups is 1. The van der Waals surface area contributed by atoms with Crippen LogP contribution in [0.4, 0.5) is 17.1 Å². The number of carbonyl (C=O) groups excluding carboxylic acids is 3.